The van der Waals surface area contributed by atoms with Crippen LogP contribution in [0.4, 0.5) is 0 Å². The molecule has 2 N–H and O–H groups in total. The van der Waals surface area contributed by atoms with Gasteiger partial charge in [-0.2, -0.15) is 0 Å². The predicted octanol–water partition coefficient (Wildman–Crippen LogP) is 2.16. The molecule has 1 aromatic rings. The molecule has 0 radical (unpaired) electrons. The molecule has 4 heteroatoms. The monoisotopic (exact) mass is 249 g/mol. The lowest BCUT2D eigenvalue weighted by Crippen LogP contribution is -2.27. The Balaban J connectivity index is 2.44. The van der Waals surface area contributed by atoms with Gasteiger partial charge >= 0.3 is 5.97 Å². The molecule has 1 aromatic carbocycles. The van der Waals surface area contributed by atoms with Crippen molar-refractivity contribution in [1.82, 2.24) is 5.32 Å². The van der Waals surface area contributed by atoms with Gasteiger partial charge in [0.2, 0.25) is 5.91 Å². The number of carbonyl (C=O) groups excluding carboxylic acids is 1. The number of benzene rings is 1. The number of carboxylic acids is 1. The molecule has 0 aliphatic carbocycles. The fourth-order valence-corrected chi connectivity index (χ4v) is 1.83. The zero-order chi connectivity index (χ0) is 13.4. The average Bonchev–Trinajstić information content (AvgIpc) is 2.36. The summed E-state index contributed by atoms with van der Waals surface area (Å²) in [6, 6.07) is 9.89. The Bertz CT molecular complexity index is 389. The molecule has 1 amide bonds. The summed E-state index contributed by atoms with van der Waals surface area (Å²) in [5.41, 5.74) is 1.15. The van der Waals surface area contributed by atoms with Crippen LogP contribution in [0.15, 0.2) is 30.3 Å². The number of nitrogens with one attached hydrogen (secondary N) is 1. The maximum absolute atomic E-state index is 11.7. The molecule has 1 rings (SSSR count). The van der Waals surface area contributed by atoms with E-state index in [-0.39, 0.29) is 24.8 Å². The molecule has 98 valence electrons. The van der Waals surface area contributed by atoms with Gasteiger partial charge in [0.05, 0.1) is 6.42 Å². The molecular weight excluding hydrogens is 230 g/mol. The van der Waals surface area contributed by atoms with Crippen LogP contribution < -0.4 is 5.32 Å². The van der Waals surface area contributed by atoms with E-state index in [9.17, 15) is 9.59 Å². The fraction of sp³-hybridized carbons (Fsp3) is 0.429. The molecule has 0 fully saturated rings. The van der Waals surface area contributed by atoms with E-state index in [2.05, 4.69) is 5.32 Å². The Morgan fingerprint density at radius 1 is 1.28 bits per heavy atom. The second-order valence-electron chi connectivity index (χ2n) is 4.21. The van der Waals surface area contributed by atoms with Crippen LogP contribution in [0, 0.1) is 0 Å². The highest BCUT2D eigenvalue weighted by molar-refractivity contribution is 5.77. The van der Waals surface area contributed by atoms with Crippen molar-refractivity contribution >= 4 is 11.9 Å². The van der Waals surface area contributed by atoms with Crippen molar-refractivity contribution in [1.29, 1.82) is 0 Å². The molecule has 0 bridgehead atoms. The maximum Gasteiger partial charge on any atom is 0.305 e. The summed E-state index contributed by atoms with van der Waals surface area (Å²) < 4.78 is 0. The summed E-state index contributed by atoms with van der Waals surface area (Å²) in [6.07, 6.45) is 1.25. The number of amides is 1. The highest BCUT2D eigenvalue weighted by atomic mass is 16.4. The average molecular weight is 249 g/mol. The lowest BCUT2D eigenvalue weighted by Gasteiger charge is -2.14. The Morgan fingerprint density at radius 3 is 2.50 bits per heavy atom. The largest absolute Gasteiger partial charge is 0.481 e. The van der Waals surface area contributed by atoms with Crippen LogP contribution in [0.2, 0.25) is 0 Å². The SMILES string of the molecule is CC[C@H](CC(=O)NCCC(=O)O)c1ccccc1. The van der Waals surface area contributed by atoms with Crippen molar-refractivity contribution in [3.63, 3.8) is 0 Å². The van der Waals surface area contributed by atoms with Gasteiger partial charge in [-0.1, -0.05) is 37.3 Å². The molecule has 4 nitrogen and oxygen atoms in total. The van der Waals surface area contributed by atoms with Crippen LogP contribution in [-0.4, -0.2) is 23.5 Å². The minimum atomic E-state index is -0.898. The van der Waals surface area contributed by atoms with Gasteiger partial charge < -0.3 is 10.4 Å². The Morgan fingerprint density at radius 2 is 1.94 bits per heavy atom. The predicted molar refractivity (Wildman–Crippen MR) is 69.4 cm³/mol. The zero-order valence-electron chi connectivity index (χ0n) is 10.6. The quantitative estimate of drug-likeness (QED) is 0.778. The van der Waals surface area contributed by atoms with Crippen molar-refractivity contribution in [3.8, 4) is 0 Å². The first-order chi connectivity index (χ1) is 8.63. The minimum Gasteiger partial charge on any atom is -0.481 e. The number of carbonyl (C=O) groups is 2. The maximum atomic E-state index is 11.7. The van der Waals surface area contributed by atoms with Crippen LogP contribution in [0.5, 0.6) is 0 Å². The van der Waals surface area contributed by atoms with Crippen molar-refractivity contribution in [2.45, 2.75) is 32.1 Å². The first-order valence-electron chi connectivity index (χ1n) is 6.17. The third-order valence-electron chi connectivity index (χ3n) is 2.86. The lowest BCUT2D eigenvalue weighted by molar-refractivity contribution is -0.136. The number of carboxylic acid groups (broad SMARTS) is 1. The van der Waals surface area contributed by atoms with E-state index in [1.165, 1.54) is 0 Å². The normalized spacial score (nSPS) is 11.8. The van der Waals surface area contributed by atoms with Gasteiger partial charge in [-0.25, -0.2) is 0 Å². The smallest absolute Gasteiger partial charge is 0.305 e. The third-order valence-corrected chi connectivity index (χ3v) is 2.86. The summed E-state index contributed by atoms with van der Waals surface area (Å²) in [7, 11) is 0. The molecule has 18 heavy (non-hydrogen) atoms. The van der Waals surface area contributed by atoms with Gasteiger partial charge in [-0.15, -0.1) is 0 Å². The van der Waals surface area contributed by atoms with Crippen molar-refractivity contribution < 1.29 is 14.7 Å². The Labute approximate surface area is 107 Å². The lowest BCUT2D eigenvalue weighted by atomic mass is 9.93. The van der Waals surface area contributed by atoms with E-state index in [1.807, 2.05) is 37.3 Å². The second kappa shape index (κ2) is 7.48. The van der Waals surface area contributed by atoms with E-state index in [0.29, 0.717) is 6.42 Å². The Hall–Kier alpha value is -1.84. The standard InChI is InChI=1S/C14H19NO3/c1-2-11(12-6-4-3-5-7-12)10-13(16)15-9-8-14(17)18/h3-7,11H,2,8-10H2,1H3,(H,15,16)(H,17,18)/t11-/m1/s1. The summed E-state index contributed by atoms with van der Waals surface area (Å²) >= 11 is 0. The third kappa shape index (κ3) is 4.99. The molecule has 0 heterocycles. The van der Waals surface area contributed by atoms with Crippen LogP contribution in [0.25, 0.3) is 0 Å². The van der Waals surface area contributed by atoms with Crippen molar-refractivity contribution in [2.75, 3.05) is 6.54 Å². The first-order valence-corrected chi connectivity index (χ1v) is 6.17. The van der Waals surface area contributed by atoms with Crippen LogP contribution in [0.3, 0.4) is 0 Å². The summed E-state index contributed by atoms with van der Waals surface area (Å²) in [5, 5.41) is 11.1. The number of hydrogen-bond acceptors (Lipinski definition) is 2. The van der Waals surface area contributed by atoms with Crippen LogP contribution in [0.1, 0.15) is 37.7 Å². The van der Waals surface area contributed by atoms with Gasteiger partial charge in [0.1, 0.15) is 0 Å². The number of aliphatic carboxylic acids is 1. The highest BCUT2D eigenvalue weighted by Gasteiger charge is 2.13. The summed E-state index contributed by atoms with van der Waals surface area (Å²) in [5.74, 6) is -0.798. The van der Waals surface area contributed by atoms with E-state index in [1.54, 1.807) is 0 Å². The van der Waals surface area contributed by atoms with Crippen LogP contribution >= 0.6 is 0 Å². The molecule has 1 atom stereocenters. The second-order valence-corrected chi connectivity index (χ2v) is 4.21. The fourth-order valence-electron chi connectivity index (χ4n) is 1.83. The molecule has 0 aliphatic rings. The topological polar surface area (TPSA) is 66.4 Å². The molecule has 0 spiro atoms. The number of rotatable bonds is 7. The molecule has 0 saturated carbocycles. The molecule has 0 aliphatic heterocycles. The number of hydrogen-bond donors (Lipinski definition) is 2. The summed E-state index contributed by atoms with van der Waals surface area (Å²) in [4.78, 5) is 22.0. The van der Waals surface area contributed by atoms with Gasteiger partial charge in [-0.05, 0) is 17.9 Å². The van der Waals surface area contributed by atoms with Crippen LogP contribution in [-0.2, 0) is 9.59 Å². The van der Waals surface area contributed by atoms with Gasteiger partial charge in [-0.3, -0.25) is 9.59 Å². The zero-order valence-corrected chi connectivity index (χ0v) is 10.6. The molecule has 0 saturated heterocycles. The van der Waals surface area contributed by atoms with Gasteiger partial charge in [0.25, 0.3) is 0 Å². The molecule has 0 unspecified atom stereocenters. The van der Waals surface area contributed by atoms with E-state index in [0.717, 1.165) is 12.0 Å². The van der Waals surface area contributed by atoms with Gasteiger partial charge in [0.15, 0.2) is 0 Å². The highest BCUT2D eigenvalue weighted by Crippen LogP contribution is 2.22. The van der Waals surface area contributed by atoms with E-state index < -0.39 is 5.97 Å². The van der Waals surface area contributed by atoms with Gasteiger partial charge in [0, 0.05) is 13.0 Å². The summed E-state index contributed by atoms with van der Waals surface area (Å²) in [6.45, 7) is 2.24. The van der Waals surface area contributed by atoms with E-state index in [4.69, 9.17) is 5.11 Å². The van der Waals surface area contributed by atoms with Crippen molar-refractivity contribution in [3.05, 3.63) is 35.9 Å². The molecule has 0 aromatic heterocycles. The Kier molecular flexibility index (Phi) is 5.91. The minimum absolute atomic E-state index is 0.0339. The van der Waals surface area contributed by atoms with Crippen molar-refractivity contribution in [2.24, 2.45) is 0 Å². The molecular formula is C14H19NO3. The van der Waals surface area contributed by atoms with E-state index >= 15 is 0 Å². The first kappa shape index (κ1) is 14.2.